The molecule has 1 heterocycles. The van der Waals surface area contributed by atoms with E-state index in [9.17, 15) is 0 Å². The van der Waals surface area contributed by atoms with Crippen molar-refractivity contribution in [2.45, 2.75) is 19.9 Å². The summed E-state index contributed by atoms with van der Waals surface area (Å²) in [6.07, 6.45) is 2.73. The molecule has 0 saturated carbocycles. The average molecular weight is 263 g/mol. The van der Waals surface area contributed by atoms with Gasteiger partial charge in [0.2, 0.25) is 0 Å². The Morgan fingerprint density at radius 2 is 2.12 bits per heavy atom. The molecule has 3 nitrogen and oxygen atoms in total. The largest absolute Gasteiger partial charge is 0.395 e. The highest BCUT2D eigenvalue weighted by Gasteiger charge is 2.08. The molecule has 0 aliphatic rings. The van der Waals surface area contributed by atoms with Gasteiger partial charge in [0.15, 0.2) is 0 Å². The summed E-state index contributed by atoms with van der Waals surface area (Å²) in [5.41, 5.74) is 0.938. The predicted octanol–water partition coefficient (Wildman–Crippen LogP) is 2.59. The molecule has 1 N–H and O–H groups in total. The van der Waals surface area contributed by atoms with E-state index in [-0.39, 0.29) is 6.61 Å². The third-order valence-electron chi connectivity index (χ3n) is 2.25. The molecule has 0 aliphatic carbocycles. The molecular formula is C11H16Cl2N2O. The second-order valence-electron chi connectivity index (χ2n) is 3.60. The Balaban J connectivity index is 2.68. The topological polar surface area (TPSA) is 36.4 Å². The molecule has 0 aromatic carbocycles. The number of halogens is 2. The second kappa shape index (κ2) is 7.07. The van der Waals surface area contributed by atoms with Crippen LogP contribution in [0, 0.1) is 0 Å². The Bertz CT molecular complexity index is 328. The maximum atomic E-state index is 8.94. The number of hydrogen-bond acceptors (Lipinski definition) is 3. The number of pyridine rings is 1. The fourth-order valence-electron chi connectivity index (χ4n) is 1.52. The Hall–Kier alpha value is -0.350. The minimum atomic E-state index is 0.151. The number of aromatic nitrogens is 1. The van der Waals surface area contributed by atoms with Gasteiger partial charge < -0.3 is 5.11 Å². The van der Waals surface area contributed by atoms with Crippen molar-refractivity contribution in [1.29, 1.82) is 0 Å². The molecule has 5 heteroatoms. The van der Waals surface area contributed by atoms with Crippen LogP contribution in [0.5, 0.6) is 0 Å². The lowest BCUT2D eigenvalue weighted by Crippen LogP contribution is -2.27. The summed E-state index contributed by atoms with van der Waals surface area (Å²) in [7, 11) is 0. The minimum Gasteiger partial charge on any atom is -0.395 e. The molecule has 1 aromatic rings. The summed E-state index contributed by atoms with van der Waals surface area (Å²) in [6, 6.07) is 1.64. The summed E-state index contributed by atoms with van der Waals surface area (Å²) in [5, 5.41) is 9.97. The molecule has 0 aliphatic heterocycles. The Kier molecular flexibility index (Phi) is 6.06. The maximum absolute atomic E-state index is 8.94. The molecule has 0 saturated heterocycles. The lowest BCUT2D eigenvalue weighted by molar-refractivity contribution is 0.190. The van der Waals surface area contributed by atoms with Gasteiger partial charge in [-0.2, -0.15) is 0 Å². The highest BCUT2D eigenvalue weighted by Crippen LogP contribution is 2.20. The van der Waals surface area contributed by atoms with Crippen molar-refractivity contribution in [3.63, 3.8) is 0 Å². The molecule has 16 heavy (non-hydrogen) atoms. The van der Waals surface area contributed by atoms with Crippen LogP contribution in [0.1, 0.15) is 18.9 Å². The van der Waals surface area contributed by atoms with Crippen molar-refractivity contribution in [3.05, 3.63) is 28.0 Å². The summed E-state index contributed by atoms with van der Waals surface area (Å²) in [6.45, 7) is 4.52. The number of nitrogens with zero attached hydrogens (tertiary/aromatic N) is 2. The third kappa shape index (κ3) is 4.26. The predicted molar refractivity (Wildman–Crippen MR) is 66.9 cm³/mol. The second-order valence-corrected chi connectivity index (χ2v) is 4.39. The first kappa shape index (κ1) is 13.7. The zero-order valence-corrected chi connectivity index (χ0v) is 10.8. The first-order valence-electron chi connectivity index (χ1n) is 5.30. The highest BCUT2D eigenvalue weighted by atomic mass is 35.5. The van der Waals surface area contributed by atoms with Crippen LogP contribution in [0.3, 0.4) is 0 Å². The van der Waals surface area contributed by atoms with Crippen molar-refractivity contribution in [2.75, 3.05) is 19.7 Å². The van der Waals surface area contributed by atoms with E-state index in [1.807, 2.05) is 0 Å². The fourth-order valence-corrected chi connectivity index (χ4v) is 1.95. The van der Waals surface area contributed by atoms with Crippen LogP contribution in [0.2, 0.25) is 10.2 Å². The molecule has 0 bridgehead atoms. The Labute approximate surface area is 106 Å². The number of hydrogen-bond donors (Lipinski definition) is 1. The number of aliphatic hydroxyl groups excluding tert-OH is 1. The highest BCUT2D eigenvalue weighted by molar-refractivity contribution is 6.34. The minimum absolute atomic E-state index is 0.151. The van der Waals surface area contributed by atoms with Gasteiger partial charge in [-0.3, -0.25) is 4.90 Å². The van der Waals surface area contributed by atoms with Crippen molar-refractivity contribution in [3.8, 4) is 0 Å². The zero-order chi connectivity index (χ0) is 12.0. The first-order valence-corrected chi connectivity index (χ1v) is 6.06. The van der Waals surface area contributed by atoms with Crippen LogP contribution >= 0.6 is 23.2 Å². The summed E-state index contributed by atoms with van der Waals surface area (Å²) in [4.78, 5) is 6.14. The van der Waals surface area contributed by atoms with E-state index < -0.39 is 0 Å². The molecule has 0 radical (unpaired) electrons. The van der Waals surface area contributed by atoms with E-state index in [1.165, 1.54) is 0 Å². The van der Waals surface area contributed by atoms with Crippen molar-refractivity contribution in [1.82, 2.24) is 9.88 Å². The van der Waals surface area contributed by atoms with Gasteiger partial charge in [0.05, 0.1) is 6.61 Å². The molecule has 0 fully saturated rings. The molecule has 90 valence electrons. The summed E-state index contributed by atoms with van der Waals surface area (Å²) in [5.74, 6) is 0. The normalized spacial score (nSPS) is 11.1. The average Bonchev–Trinajstić information content (AvgIpc) is 2.23. The van der Waals surface area contributed by atoms with E-state index in [0.29, 0.717) is 23.3 Å². The molecule has 0 unspecified atom stereocenters. The van der Waals surface area contributed by atoms with Gasteiger partial charge in [0.25, 0.3) is 0 Å². The van der Waals surface area contributed by atoms with Crippen LogP contribution in [-0.4, -0.2) is 34.7 Å². The summed E-state index contributed by atoms with van der Waals surface area (Å²) < 4.78 is 0. The van der Waals surface area contributed by atoms with Gasteiger partial charge in [-0.05, 0) is 19.0 Å². The lowest BCUT2D eigenvalue weighted by Gasteiger charge is -2.20. The van der Waals surface area contributed by atoms with E-state index >= 15 is 0 Å². The van der Waals surface area contributed by atoms with Gasteiger partial charge in [0.1, 0.15) is 5.15 Å². The third-order valence-corrected chi connectivity index (χ3v) is 2.80. The van der Waals surface area contributed by atoms with Crippen LogP contribution < -0.4 is 0 Å². The number of aliphatic hydroxyl groups is 1. The molecule has 0 amide bonds. The van der Waals surface area contributed by atoms with Gasteiger partial charge >= 0.3 is 0 Å². The molecule has 1 rings (SSSR count). The Morgan fingerprint density at radius 1 is 1.38 bits per heavy atom. The molecular weight excluding hydrogens is 247 g/mol. The van der Waals surface area contributed by atoms with Crippen molar-refractivity contribution in [2.24, 2.45) is 0 Å². The smallest absolute Gasteiger partial charge is 0.130 e. The van der Waals surface area contributed by atoms with Crippen molar-refractivity contribution < 1.29 is 5.11 Å². The maximum Gasteiger partial charge on any atom is 0.130 e. The van der Waals surface area contributed by atoms with E-state index in [4.69, 9.17) is 28.3 Å². The standard InChI is InChI=1S/C11H16Cl2N2O/c1-2-3-15(4-5-16)8-9-7-14-11(13)6-10(9)12/h6-7,16H,2-5,8H2,1H3. The van der Waals surface area contributed by atoms with Gasteiger partial charge in [-0.1, -0.05) is 30.1 Å². The van der Waals surface area contributed by atoms with E-state index in [1.54, 1.807) is 12.3 Å². The molecule has 0 spiro atoms. The van der Waals surface area contributed by atoms with Gasteiger partial charge in [-0.15, -0.1) is 0 Å². The molecule has 0 atom stereocenters. The van der Waals surface area contributed by atoms with Crippen LogP contribution in [0.15, 0.2) is 12.3 Å². The van der Waals surface area contributed by atoms with E-state index in [2.05, 4.69) is 16.8 Å². The Morgan fingerprint density at radius 3 is 2.69 bits per heavy atom. The van der Waals surface area contributed by atoms with Crippen LogP contribution in [-0.2, 0) is 6.54 Å². The van der Waals surface area contributed by atoms with Gasteiger partial charge in [-0.25, -0.2) is 4.98 Å². The number of rotatable bonds is 6. The quantitative estimate of drug-likeness (QED) is 0.801. The zero-order valence-electron chi connectivity index (χ0n) is 9.29. The van der Waals surface area contributed by atoms with Crippen LogP contribution in [0.25, 0.3) is 0 Å². The fraction of sp³-hybridized carbons (Fsp3) is 0.545. The molecule has 1 aromatic heterocycles. The monoisotopic (exact) mass is 262 g/mol. The SMILES string of the molecule is CCCN(CCO)Cc1cnc(Cl)cc1Cl. The van der Waals surface area contributed by atoms with Gasteiger partial charge in [0, 0.05) is 29.9 Å². The van der Waals surface area contributed by atoms with E-state index in [0.717, 1.165) is 18.5 Å². The lowest BCUT2D eigenvalue weighted by atomic mass is 10.2. The summed E-state index contributed by atoms with van der Waals surface area (Å²) >= 11 is 11.8. The van der Waals surface area contributed by atoms with Crippen LogP contribution in [0.4, 0.5) is 0 Å². The van der Waals surface area contributed by atoms with Crippen molar-refractivity contribution >= 4 is 23.2 Å². The first-order chi connectivity index (χ1) is 7.67.